The smallest absolute Gasteiger partial charge is 0.297 e. The van der Waals surface area contributed by atoms with Crippen molar-refractivity contribution in [2.45, 2.75) is 50.9 Å². The molecular formula is C22H29F3N2. The van der Waals surface area contributed by atoms with Crippen molar-refractivity contribution in [1.82, 2.24) is 9.80 Å². The lowest BCUT2D eigenvalue weighted by molar-refractivity contribution is -0.137. The summed E-state index contributed by atoms with van der Waals surface area (Å²) in [6, 6.07) is 6.61. The number of hydrogen-bond acceptors (Lipinski definition) is 2. The van der Waals surface area contributed by atoms with Crippen molar-refractivity contribution in [3.8, 4) is 0 Å². The molecule has 0 radical (unpaired) electrons. The largest absolute Gasteiger partial charge is 0.416 e. The lowest BCUT2D eigenvalue weighted by atomic mass is 9.54. The van der Waals surface area contributed by atoms with Gasteiger partial charge >= 0.3 is 6.18 Å². The van der Waals surface area contributed by atoms with Gasteiger partial charge in [0.15, 0.2) is 0 Å². The number of benzene rings is 1. The Labute approximate surface area is 159 Å². The molecule has 5 fully saturated rings. The highest BCUT2D eigenvalue weighted by Crippen LogP contribution is 2.55. The fraction of sp³-hybridized carbons (Fsp3) is 0.727. The van der Waals surface area contributed by atoms with Crippen LogP contribution < -0.4 is 0 Å². The van der Waals surface area contributed by atoms with Gasteiger partial charge in [-0.15, -0.1) is 0 Å². The van der Waals surface area contributed by atoms with Gasteiger partial charge in [0.2, 0.25) is 0 Å². The first-order valence-corrected chi connectivity index (χ1v) is 10.6. The predicted octanol–water partition coefficient (Wildman–Crippen LogP) is 4.65. The van der Waals surface area contributed by atoms with Crippen LogP contribution in [0.3, 0.4) is 0 Å². The molecule has 1 heterocycles. The first kappa shape index (κ1) is 18.0. The average Bonchev–Trinajstić information content (AvgIpc) is 2.62. The Hall–Kier alpha value is -1.07. The van der Waals surface area contributed by atoms with Gasteiger partial charge in [0.25, 0.3) is 0 Å². The molecule has 0 spiro atoms. The second-order valence-electron chi connectivity index (χ2n) is 9.43. The predicted molar refractivity (Wildman–Crippen MR) is 99.1 cm³/mol. The number of rotatable bonds is 3. The summed E-state index contributed by atoms with van der Waals surface area (Å²) < 4.78 is 38.8. The van der Waals surface area contributed by atoms with Gasteiger partial charge in [-0.25, -0.2) is 0 Å². The van der Waals surface area contributed by atoms with Crippen LogP contribution in [-0.2, 0) is 12.7 Å². The molecule has 148 valence electrons. The van der Waals surface area contributed by atoms with Crippen molar-refractivity contribution < 1.29 is 13.2 Å². The Kier molecular flexibility index (Phi) is 4.51. The van der Waals surface area contributed by atoms with E-state index in [0.717, 1.165) is 67.5 Å². The minimum Gasteiger partial charge on any atom is -0.297 e. The second-order valence-corrected chi connectivity index (χ2v) is 9.43. The summed E-state index contributed by atoms with van der Waals surface area (Å²) in [5, 5.41) is 0. The molecule has 4 aliphatic carbocycles. The third-order valence-corrected chi connectivity index (χ3v) is 7.67. The van der Waals surface area contributed by atoms with Gasteiger partial charge in [-0.2, -0.15) is 13.2 Å². The van der Waals surface area contributed by atoms with Crippen LogP contribution in [-0.4, -0.2) is 42.0 Å². The van der Waals surface area contributed by atoms with Gasteiger partial charge < -0.3 is 0 Å². The number of nitrogens with zero attached hydrogens (tertiary/aromatic N) is 2. The van der Waals surface area contributed by atoms with E-state index < -0.39 is 11.7 Å². The van der Waals surface area contributed by atoms with Gasteiger partial charge in [0.05, 0.1) is 5.56 Å². The van der Waals surface area contributed by atoms with Crippen LogP contribution in [0.1, 0.15) is 43.2 Å². The molecule has 6 rings (SSSR count). The second kappa shape index (κ2) is 6.77. The summed E-state index contributed by atoms with van der Waals surface area (Å²) >= 11 is 0. The van der Waals surface area contributed by atoms with Gasteiger partial charge in [-0.1, -0.05) is 18.2 Å². The summed E-state index contributed by atoms with van der Waals surface area (Å²) in [4.78, 5) is 5.05. The van der Waals surface area contributed by atoms with Gasteiger partial charge in [0.1, 0.15) is 0 Å². The topological polar surface area (TPSA) is 6.48 Å². The van der Waals surface area contributed by atoms with Crippen LogP contribution in [0.5, 0.6) is 0 Å². The van der Waals surface area contributed by atoms with Gasteiger partial charge in [0, 0.05) is 38.8 Å². The molecule has 1 aromatic rings. The summed E-state index contributed by atoms with van der Waals surface area (Å²) in [6.07, 6.45) is 3.02. The van der Waals surface area contributed by atoms with Crippen molar-refractivity contribution in [1.29, 1.82) is 0 Å². The number of halogens is 3. The molecule has 0 amide bonds. The molecule has 1 saturated heterocycles. The molecule has 5 aliphatic rings. The molecule has 27 heavy (non-hydrogen) atoms. The van der Waals surface area contributed by atoms with Crippen LogP contribution in [0, 0.1) is 23.7 Å². The summed E-state index contributed by atoms with van der Waals surface area (Å²) in [5.41, 5.74) is 0.236. The lowest BCUT2D eigenvalue weighted by Crippen LogP contribution is -2.60. The van der Waals surface area contributed by atoms with Crippen LogP contribution in [0.15, 0.2) is 24.3 Å². The quantitative estimate of drug-likeness (QED) is 0.756. The zero-order chi connectivity index (χ0) is 18.6. The Morgan fingerprint density at radius 1 is 0.852 bits per heavy atom. The summed E-state index contributed by atoms with van der Waals surface area (Å²) in [5.74, 6) is 3.84. The molecule has 2 nitrogen and oxygen atoms in total. The van der Waals surface area contributed by atoms with E-state index in [2.05, 4.69) is 9.80 Å². The van der Waals surface area contributed by atoms with E-state index in [1.807, 2.05) is 6.07 Å². The first-order valence-electron chi connectivity index (χ1n) is 10.6. The molecule has 0 N–H and O–H groups in total. The SMILES string of the molecule is FC(F)(F)c1cccc(CN2CCN(C3C4CC5CC(C4)CC3C5)CC2)c1. The standard InChI is InChI=1S/C22H29F3N2/c23-22(24,25)20-3-1-2-15(13-20)14-26-4-6-27(7-5-26)21-18-9-16-8-17(11-18)12-19(21)10-16/h1-3,13,16-19,21H,4-12,14H2. The van der Waals surface area contributed by atoms with Crippen LogP contribution in [0.2, 0.25) is 0 Å². The van der Waals surface area contributed by atoms with Crippen molar-refractivity contribution in [2.24, 2.45) is 23.7 Å². The Balaban J connectivity index is 1.19. The van der Waals surface area contributed by atoms with Crippen molar-refractivity contribution in [2.75, 3.05) is 26.2 Å². The third-order valence-electron chi connectivity index (χ3n) is 7.67. The monoisotopic (exact) mass is 378 g/mol. The highest BCUT2D eigenvalue weighted by Gasteiger charge is 2.50. The van der Waals surface area contributed by atoms with E-state index in [1.54, 1.807) is 0 Å². The Morgan fingerprint density at radius 2 is 1.48 bits per heavy atom. The Morgan fingerprint density at radius 3 is 2.07 bits per heavy atom. The maximum Gasteiger partial charge on any atom is 0.416 e. The third kappa shape index (κ3) is 3.53. The van der Waals surface area contributed by atoms with E-state index in [1.165, 1.54) is 44.2 Å². The van der Waals surface area contributed by atoms with Crippen molar-refractivity contribution in [3.05, 3.63) is 35.4 Å². The molecule has 0 atom stereocenters. The Bertz CT molecular complexity index is 650. The normalized spacial score (nSPS) is 37.1. The molecule has 1 aromatic carbocycles. The molecule has 1 aliphatic heterocycles. The number of piperazine rings is 1. The fourth-order valence-electron chi connectivity index (χ4n) is 6.82. The lowest BCUT2D eigenvalue weighted by Gasteiger charge is -2.58. The maximum atomic E-state index is 12.9. The van der Waals surface area contributed by atoms with Gasteiger partial charge in [-0.3, -0.25) is 9.80 Å². The van der Waals surface area contributed by atoms with Gasteiger partial charge in [-0.05, 0) is 67.4 Å². The minimum absolute atomic E-state index is 0.535. The summed E-state index contributed by atoms with van der Waals surface area (Å²) in [6.45, 7) is 4.72. The highest BCUT2D eigenvalue weighted by atomic mass is 19.4. The minimum atomic E-state index is -4.26. The maximum absolute atomic E-state index is 12.9. The highest BCUT2D eigenvalue weighted by molar-refractivity contribution is 5.25. The molecule has 0 unspecified atom stereocenters. The van der Waals surface area contributed by atoms with Crippen molar-refractivity contribution >= 4 is 0 Å². The molecule has 0 aromatic heterocycles. The average molecular weight is 378 g/mol. The molecule has 5 heteroatoms. The van der Waals surface area contributed by atoms with Crippen LogP contribution in [0.25, 0.3) is 0 Å². The number of hydrogen-bond donors (Lipinski definition) is 0. The van der Waals surface area contributed by atoms with E-state index in [4.69, 9.17) is 0 Å². The zero-order valence-corrected chi connectivity index (χ0v) is 15.8. The van der Waals surface area contributed by atoms with E-state index >= 15 is 0 Å². The molecule has 4 saturated carbocycles. The molecular weight excluding hydrogens is 349 g/mol. The first-order chi connectivity index (χ1) is 13.0. The fourth-order valence-corrected chi connectivity index (χ4v) is 6.82. The van der Waals surface area contributed by atoms with E-state index in [-0.39, 0.29) is 0 Å². The number of alkyl halides is 3. The van der Waals surface area contributed by atoms with Crippen LogP contribution in [0.4, 0.5) is 13.2 Å². The van der Waals surface area contributed by atoms with E-state index in [0.29, 0.717) is 6.54 Å². The van der Waals surface area contributed by atoms with E-state index in [9.17, 15) is 13.2 Å². The van der Waals surface area contributed by atoms with Crippen molar-refractivity contribution in [3.63, 3.8) is 0 Å². The molecule has 4 bridgehead atoms. The zero-order valence-electron chi connectivity index (χ0n) is 15.8. The summed E-state index contributed by atoms with van der Waals surface area (Å²) in [7, 11) is 0. The van der Waals surface area contributed by atoms with Crippen LogP contribution >= 0.6 is 0 Å².